The summed E-state index contributed by atoms with van der Waals surface area (Å²) in [5, 5.41) is 2.72. The van der Waals surface area contributed by atoms with Gasteiger partial charge in [0.25, 0.3) is 5.91 Å². The zero-order chi connectivity index (χ0) is 16.4. The van der Waals surface area contributed by atoms with Gasteiger partial charge in [-0.2, -0.15) is 0 Å². The largest absolute Gasteiger partial charge is 0.479 e. The highest BCUT2D eigenvalue weighted by atomic mass is 16.5. The lowest BCUT2D eigenvalue weighted by molar-refractivity contribution is -0.118. The summed E-state index contributed by atoms with van der Waals surface area (Å²) in [5.74, 6) is -0.0612. The van der Waals surface area contributed by atoms with Crippen molar-refractivity contribution in [3.8, 4) is 5.88 Å². The molecule has 118 valence electrons. The minimum Gasteiger partial charge on any atom is -0.479 e. The summed E-state index contributed by atoms with van der Waals surface area (Å²) in [5.41, 5.74) is 2.50. The molecule has 0 spiro atoms. The SMILES string of the molecule is COc1ncccc1N1C(=O)N[C@H](Cc2ccc(C)cc2)C1=O. The summed E-state index contributed by atoms with van der Waals surface area (Å²) < 4.78 is 5.14. The fraction of sp³-hybridized carbons (Fsp3) is 0.235. The number of urea groups is 1. The number of methoxy groups -OCH3 is 1. The molecule has 1 aliphatic heterocycles. The molecule has 0 saturated carbocycles. The van der Waals surface area contributed by atoms with Gasteiger partial charge in [0, 0.05) is 12.6 Å². The maximum atomic E-state index is 12.6. The number of imide groups is 1. The van der Waals surface area contributed by atoms with Crippen molar-refractivity contribution in [2.45, 2.75) is 19.4 Å². The summed E-state index contributed by atoms with van der Waals surface area (Å²) in [4.78, 5) is 30.0. The van der Waals surface area contributed by atoms with Crippen molar-refractivity contribution >= 4 is 17.6 Å². The van der Waals surface area contributed by atoms with Gasteiger partial charge in [0.1, 0.15) is 11.7 Å². The highest BCUT2D eigenvalue weighted by Crippen LogP contribution is 2.28. The molecule has 6 heteroatoms. The number of ether oxygens (including phenoxy) is 1. The molecule has 0 bridgehead atoms. The van der Waals surface area contributed by atoms with E-state index < -0.39 is 12.1 Å². The number of hydrogen-bond acceptors (Lipinski definition) is 4. The Labute approximate surface area is 134 Å². The van der Waals surface area contributed by atoms with Crippen LogP contribution in [-0.2, 0) is 11.2 Å². The molecule has 1 aromatic heterocycles. The van der Waals surface area contributed by atoms with E-state index in [2.05, 4.69) is 10.3 Å². The second-order valence-electron chi connectivity index (χ2n) is 5.40. The molecule has 1 fully saturated rings. The standard InChI is InChI=1S/C17H17N3O3/c1-11-5-7-12(8-6-11)10-13-16(21)20(17(22)19-13)14-4-3-9-18-15(14)23-2/h3-9,13H,10H2,1-2H3,(H,19,22)/t13-/m1/s1. The van der Waals surface area contributed by atoms with Gasteiger partial charge in [0.15, 0.2) is 0 Å². The molecule has 3 amide bonds. The third-order valence-corrected chi connectivity index (χ3v) is 3.77. The molecular weight excluding hydrogens is 294 g/mol. The third-order valence-electron chi connectivity index (χ3n) is 3.77. The van der Waals surface area contributed by atoms with Gasteiger partial charge >= 0.3 is 6.03 Å². The smallest absolute Gasteiger partial charge is 0.329 e. The number of benzene rings is 1. The first-order valence-corrected chi connectivity index (χ1v) is 7.29. The van der Waals surface area contributed by atoms with Gasteiger partial charge in [-0.15, -0.1) is 0 Å². The first-order valence-electron chi connectivity index (χ1n) is 7.29. The quantitative estimate of drug-likeness (QED) is 0.877. The Balaban J connectivity index is 1.84. The highest BCUT2D eigenvalue weighted by molar-refractivity contribution is 6.22. The number of aryl methyl sites for hydroxylation is 1. The van der Waals surface area contributed by atoms with Crippen LogP contribution in [0.3, 0.4) is 0 Å². The molecular formula is C17H17N3O3. The summed E-state index contributed by atoms with van der Waals surface area (Å²) >= 11 is 0. The van der Waals surface area contributed by atoms with Crippen molar-refractivity contribution in [2.24, 2.45) is 0 Å². The van der Waals surface area contributed by atoms with Crippen molar-refractivity contribution in [2.75, 3.05) is 12.0 Å². The van der Waals surface area contributed by atoms with Gasteiger partial charge in [-0.25, -0.2) is 14.7 Å². The van der Waals surface area contributed by atoms with E-state index in [0.29, 0.717) is 12.1 Å². The average molecular weight is 311 g/mol. The van der Waals surface area contributed by atoms with Gasteiger partial charge in [0.2, 0.25) is 5.88 Å². The molecule has 1 aliphatic rings. The van der Waals surface area contributed by atoms with Crippen molar-refractivity contribution < 1.29 is 14.3 Å². The van der Waals surface area contributed by atoms with Gasteiger partial charge in [-0.1, -0.05) is 29.8 Å². The van der Waals surface area contributed by atoms with Crippen molar-refractivity contribution in [1.29, 1.82) is 0 Å². The minimum atomic E-state index is -0.588. The lowest BCUT2D eigenvalue weighted by atomic mass is 10.0. The number of amides is 3. The van der Waals surface area contributed by atoms with E-state index in [4.69, 9.17) is 4.74 Å². The molecule has 23 heavy (non-hydrogen) atoms. The summed E-state index contributed by atoms with van der Waals surface area (Å²) in [7, 11) is 1.45. The van der Waals surface area contributed by atoms with Crippen LogP contribution in [0, 0.1) is 6.92 Å². The van der Waals surface area contributed by atoms with Gasteiger partial charge < -0.3 is 10.1 Å². The zero-order valence-electron chi connectivity index (χ0n) is 12.9. The third kappa shape index (κ3) is 2.88. The molecule has 6 nitrogen and oxygen atoms in total. The minimum absolute atomic E-state index is 0.243. The van der Waals surface area contributed by atoms with E-state index in [1.807, 2.05) is 31.2 Å². The number of nitrogens with zero attached hydrogens (tertiary/aromatic N) is 2. The van der Waals surface area contributed by atoms with Crippen molar-refractivity contribution in [3.63, 3.8) is 0 Å². The van der Waals surface area contributed by atoms with Crippen LogP contribution in [0.4, 0.5) is 10.5 Å². The van der Waals surface area contributed by atoms with Crippen LogP contribution >= 0.6 is 0 Å². The molecule has 1 aromatic carbocycles. The van der Waals surface area contributed by atoms with Crippen LogP contribution in [0.25, 0.3) is 0 Å². The molecule has 0 radical (unpaired) electrons. The number of pyridine rings is 1. The van der Waals surface area contributed by atoms with E-state index in [9.17, 15) is 9.59 Å². The van der Waals surface area contributed by atoms with Crippen LogP contribution in [0.5, 0.6) is 5.88 Å². The number of rotatable bonds is 4. The van der Waals surface area contributed by atoms with Crippen molar-refractivity contribution in [3.05, 3.63) is 53.7 Å². The predicted molar refractivity (Wildman–Crippen MR) is 85.5 cm³/mol. The summed E-state index contributed by atoms with van der Waals surface area (Å²) in [6.45, 7) is 2.00. The second kappa shape index (κ2) is 6.08. The number of aromatic nitrogens is 1. The summed E-state index contributed by atoms with van der Waals surface area (Å²) in [6.07, 6.45) is 1.99. The Morgan fingerprint density at radius 1 is 1.22 bits per heavy atom. The predicted octanol–water partition coefficient (Wildman–Crippen LogP) is 2.07. The Bertz CT molecular complexity index is 743. The summed E-state index contributed by atoms with van der Waals surface area (Å²) in [6, 6.07) is 10.1. The number of hydrogen-bond donors (Lipinski definition) is 1. The number of anilines is 1. The fourth-order valence-corrected chi connectivity index (χ4v) is 2.57. The molecule has 1 N–H and O–H groups in total. The van der Waals surface area contributed by atoms with Crippen LogP contribution in [0.15, 0.2) is 42.6 Å². The molecule has 0 unspecified atom stereocenters. The van der Waals surface area contributed by atoms with E-state index in [-0.39, 0.29) is 11.8 Å². The highest BCUT2D eigenvalue weighted by Gasteiger charge is 2.40. The van der Waals surface area contributed by atoms with Crippen molar-refractivity contribution in [1.82, 2.24) is 10.3 Å². The Hall–Kier alpha value is -2.89. The Morgan fingerprint density at radius 2 is 1.96 bits per heavy atom. The number of nitrogens with one attached hydrogen (secondary N) is 1. The van der Waals surface area contributed by atoms with Crippen LogP contribution in [0.1, 0.15) is 11.1 Å². The van der Waals surface area contributed by atoms with E-state index in [1.165, 1.54) is 7.11 Å². The maximum absolute atomic E-state index is 12.6. The lowest BCUT2D eigenvalue weighted by Crippen LogP contribution is -2.32. The average Bonchev–Trinajstić information content (AvgIpc) is 2.83. The topological polar surface area (TPSA) is 71.5 Å². The molecule has 0 aliphatic carbocycles. The molecule has 2 heterocycles. The maximum Gasteiger partial charge on any atom is 0.329 e. The van der Waals surface area contributed by atoms with Gasteiger partial charge in [0.05, 0.1) is 7.11 Å². The normalized spacial score (nSPS) is 17.3. The van der Waals surface area contributed by atoms with Gasteiger partial charge in [-0.05, 0) is 24.6 Å². The fourth-order valence-electron chi connectivity index (χ4n) is 2.57. The van der Waals surface area contributed by atoms with Gasteiger partial charge in [-0.3, -0.25) is 4.79 Å². The van der Waals surface area contributed by atoms with Crippen LogP contribution in [-0.4, -0.2) is 30.1 Å². The second-order valence-corrected chi connectivity index (χ2v) is 5.40. The lowest BCUT2D eigenvalue weighted by Gasteiger charge is -2.15. The van der Waals surface area contributed by atoms with Crippen LogP contribution < -0.4 is 15.0 Å². The number of carbonyl (C=O) groups is 2. The molecule has 2 aromatic rings. The van der Waals surface area contributed by atoms with Crippen LogP contribution in [0.2, 0.25) is 0 Å². The Morgan fingerprint density at radius 3 is 2.65 bits per heavy atom. The first kappa shape index (κ1) is 15.0. The van der Waals surface area contributed by atoms with E-state index >= 15 is 0 Å². The monoisotopic (exact) mass is 311 g/mol. The van der Waals surface area contributed by atoms with E-state index in [1.54, 1.807) is 18.3 Å². The molecule has 1 atom stereocenters. The first-order chi connectivity index (χ1) is 11.1. The zero-order valence-corrected chi connectivity index (χ0v) is 12.9. The van der Waals surface area contributed by atoms with E-state index in [0.717, 1.165) is 16.0 Å². The molecule has 3 rings (SSSR count). The Kier molecular flexibility index (Phi) is 3.97. The molecule has 1 saturated heterocycles. The number of carbonyl (C=O) groups excluding carboxylic acids is 2.